The summed E-state index contributed by atoms with van der Waals surface area (Å²) in [6.45, 7) is 18.0. The standard InChI is InChI=1S/C29H27N2O.C14H16NSi.Ir/c1-28(2,3)20-16-17-30-24(18-20)23-13-9-12-21-22-14-15-25(31-27(22)32-26(21)23)29(4,5)19-10-7-6-8-11-19;1-16(2,3)13-9-10-14(15-11-13)12-7-5-4-6-8-12;/h6-12,14-18H,1-5H3;4-7,9-11H,1-3H3;/q2*-1;. The molecule has 4 aromatic heterocycles. The van der Waals surface area contributed by atoms with Crippen molar-refractivity contribution in [2.45, 2.75) is 65.1 Å². The second-order valence-electron chi connectivity index (χ2n) is 14.9. The van der Waals surface area contributed by atoms with E-state index >= 15 is 0 Å². The van der Waals surface area contributed by atoms with Crippen LogP contribution in [0.15, 0.2) is 120 Å². The number of nitrogens with zero attached hydrogens (tertiary/aromatic N) is 3. The molecule has 7 aromatic rings. The van der Waals surface area contributed by atoms with E-state index in [2.05, 4.69) is 137 Å². The summed E-state index contributed by atoms with van der Waals surface area (Å²) in [5.74, 6) is 0. The molecule has 0 atom stereocenters. The van der Waals surface area contributed by atoms with Crippen molar-refractivity contribution < 1.29 is 24.5 Å². The molecule has 4 nitrogen and oxygen atoms in total. The molecular formula is C43H43IrN3OSi-2. The zero-order valence-corrected chi connectivity index (χ0v) is 32.9. The van der Waals surface area contributed by atoms with Crippen LogP contribution in [0.2, 0.25) is 19.6 Å². The Morgan fingerprint density at radius 2 is 1.43 bits per heavy atom. The Balaban J connectivity index is 0.000000233. The molecule has 0 aliphatic rings. The Bertz CT molecular complexity index is 2160. The van der Waals surface area contributed by atoms with Gasteiger partial charge < -0.3 is 14.4 Å². The Hall–Kier alpha value is -4.22. The van der Waals surface area contributed by atoms with E-state index in [4.69, 9.17) is 9.40 Å². The summed E-state index contributed by atoms with van der Waals surface area (Å²) in [6, 6.07) is 41.7. The second-order valence-corrected chi connectivity index (χ2v) is 20.0. The van der Waals surface area contributed by atoms with Crippen LogP contribution in [0, 0.1) is 12.1 Å². The van der Waals surface area contributed by atoms with Gasteiger partial charge in [0, 0.05) is 43.3 Å². The Kier molecular flexibility index (Phi) is 10.5. The predicted molar refractivity (Wildman–Crippen MR) is 202 cm³/mol. The van der Waals surface area contributed by atoms with E-state index in [1.54, 1.807) is 0 Å². The molecule has 6 heteroatoms. The van der Waals surface area contributed by atoms with E-state index < -0.39 is 8.07 Å². The van der Waals surface area contributed by atoms with Gasteiger partial charge in [0.15, 0.2) is 0 Å². The average Bonchev–Trinajstić information content (AvgIpc) is 3.47. The molecule has 49 heavy (non-hydrogen) atoms. The number of benzene rings is 3. The van der Waals surface area contributed by atoms with Gasteiger partial charge in [-0.05, 0) is 51.3 Å². The summed E-state index contributed by atoms with van der Waals surface area (Å²) in [5, 5.41) is 3.44. The normalized spacial score (nSPS) is 11.9. The first-order chi connectivity index (χ1) is 22.8. The van der Waals surface area contributed by atoms with Gasteiger partial charge in [-0.1, -0.05) is 114 Å². The van der Waals surface area contributed by atoms with Gasteiger partial charge in [0.1, 0.15) is 0 Å². The third-order valence-electron chi connectivity index (χ3n) is 8.93. The average molecular weight is 838 g/mol. The molecule has 3 aromatic carbocycles. The first-order valence-electron chi connectivity index (χ1n) is 16.5. The zero-order valence-electron chi connectivity index (χ0n) is 29.6. The van der Waals surface area contributed by atoms with Crippen LogP contribution in [0.1, 0.15) is 51.4 Å². The molecule has 0 saturated heterocycles. The second kappa shape index (κ2) is 14.3. The van der Waals surface area contributed by atoms with Gasteiger partial charge in [-0.3, -0.25) is 0 Å². The van der Waals surface area contributed by atoms with Crippen LogP contribution in [0.25, 0.3) is 44.6 Å². The Morgan fingerprint density at radius 1 is 0.673 bits per heavy atom. The monoisotopic (exact) mass is 838 g/mol. The molecule has 0 N–H and O–H groups in total. The molecule has 0 amide bonds. The molecule has 0 unspecified atom stereocenters. The van der Waals surface area contributed by atoms with Crippen molar-refractivity contribution in [3.63, 3.8) is 0 Å². The number of aromatic nitrogens is 3. The van der Waals surface area contributed by atoms with Crippen LogP contribution in [0.5, 0.6) is 0 Å². The van der Waals surface area contributed by atoms with Crippen molar-refractivity contribution in [1.82, 2.24) is 15.0 Å². The molecule has 7 rings (SSSR count). The molecule has 0 bridgehead atoms. The van der Waals surface area contributed by atoms with Gasteiger partial charge in [0.25, 0.3) is 0 Å². The molecule has 1 radical (unpaired) electrons. The van der Waals surface area contributed by atoms with Gasteiger partial charge in [0.2, 0.25) is 5.71 Å². The summed E-state index contributed by atoms with van der Waals surface area (Å²) in [4.78, 5) is 14.1. The Morgan fingerprint density at radius 3 is 2.08 bits per heavy atom. The number of pyridine rings is 3. The third kappa shape index (κ3) is 7.83. The fraction of sp³-hybridized carbons (Fsp3) is 0.233. The minimum absolute atomic E-state index is 0. The first-order valence-corrected chi connectivity index (χ1v) is 20.0. The molecule has 0 aliphatic carbocycles. The van der Waals surface area contributed by atoms with Crippen LogP contribution in [-0.4, -0.2) is 23.0 Å². The van der Waals surface area contributed by atoms with Gasteiger partial charge in [0.05, 0.1) is 19.4 Å². The number of fused-ring (bicyclic) bond motifs is 3. The van der Waals surface area contributed by atoms with Crippen LogP contribution in [0.3, 0.4) is 0 Å². The molecule has 0 spiro atoms. The molecule has 0 fully saturated rings. The molecular weight excluding hydrogens is 795 g/mol. The van der Waals surface area contributed by atoms with E-state index in [0.29, 0.717) is 5.71 Å². The number of rotatable bonds is 5. The van der Waals surface area contributed by atoms with Crippen molar-refractivity contribution in [1.29, 1.82) is 0 Å². The maximum absolute atomic E-state index is 6.35. The van der Waals surface area contributed by atoms with Crippen LogP contribution in [0.4, 0.5) is 0 Å². The van der Waals surface area contributed by atoms with E-state index in [9.17, 15) is 0 Å². The van der Waals surface area contributed by atoms with E-state index in [0.717, 1.165) is 44.6 Å². The maximum atomic E-state index is 6.35. The van der Waals surface area contributed by atoms with Gasteiger partial charge in [-0.25, -0.2) is 4.98 Å². The smallest absolute Gasteiger partial charge is 0.216 e. The van der Waals surface area contributed by atoms with Crippen LogP contribution >= 0.6 is 0 Å². The minimum atomic E-state index is -1.23. The summed E-state index contributed by atoms with van der Waals surface area (Å²) in [6.07, 6.45) is 3.88. The summed E-state index contributed by atoms with van der Waals surface area (Å²) in [7, 11) is -1.23. The first kappa shape index (κ1) is 36.1. The molecule has 4 heterocycles. The topological polar surface area (TPSA) is 51.8 Å². The van der Waals surface area contributed by atoms with Crippen molar-refractivity contribution in [3.05, 3.63) is 144 Å². The fourth-order valence-corrected chi connectivity index (χ4v) is 6.78. The van der Waals surface area contributed by atoms with Crippen molar-refractivity contribution in [2.75, 3.05) is 0 Å². The van der Waals surface area contributed by atoms with Crippen molar-refractivity contribution >= 4 is 35.3 Å². The number of hydrogen-bond acceptors (Lipinski definition) is 4. The maximum Gasteiger partial charge on any atom is 0.216 e. The van der Waals surface area contributed by atoms with Crippen molar-refractivity contribution in [2.24, 2.45) is 0 Å². The number of furan rings is 1. The Labute approximate surface area is 305 Å². The van der Waals surface area contributed by atoms with Gasteiger partial charge >= 0.3 is 0 Å². The largest absolute Gasteiger partial charge is 0.486 e. The summed E-state index contributed by atoms with van der Waals surface area (Å²) >= 11 is 0. The van der Waals surface area contributed by atoms with E-state index in [-0.39, 0.29) is 30.9 Å². The molecule has 251 valence electrons. The van der Waals surface area contributed by atoms with Crippen LogP contribution in [-0.2, 0) is 30.9 Å². The number of hydrogen-bond donors (Lipinski definition) is 0. The minimum Gasteiger partial charge on any atom is -0.486 e. The van der Waals surface area contributed by atoms with Crippen molar-refractivity contribution in [3.8, 4) is 22.5 Å². The van der Waals surface area contributed by atoms with Crippen LogP contribution < -0.4 is 5.19 Å². The van der Waals surface area contributed by atoms with E-state index in [1.807, 2.05) is 54.9 Å². The van der Waals surface area contributed by atoms with E-state index in [1.165, 1.54) is 16.3 Å². The molecule has 0 saturated carbocycles. The quantitative estimate of drug-likeness (QED) is 0.128. The molecule has 0 aliphatic heterocycles. The fourth-order valence-electron chi connectivity index (χ4n) is 5.75. The third-order valence-corrected chi connectivity index (χ3v) is 11.0. The zero-order chi connectivity index (χ0) is 34.1. The predicted octanol–water partition coefficient (Wildman–Crippen LogP) is 10.6. The SMILES string of the molecule is CC(C)(C)c1ccnc(-c2[c-]ccc3c2oc2nc(C(C)(C)c4ccccc4)ccc23)c1.C[Si](C)(C)c1ccc(-c2[c-]cccc2)nc1.[Ir]. The summed E-state index contributed by atoms with van der Waals surface area (Å²) in [5.41, 5.74) is 8.47. The van der Waals surface area contributed by atoms with Gasteiger partial charge in [-0.2, -0.15) is 0 Å². The summed E-state index contributed by atoms with van der Waals surface area (Å²) < 4.78 is 6.35. The van der Waals surface area contributed by atoms with Gasteiger partial charge in [-0.15, -0.1) is 54.1 Å².